The average molecular weight is 475 g/mol. The first-order chi connectivity index (χ1) is 15.9. The number of rotatable bonds is 4. The van der Waals surface area contributed by atoms with Gasteiger partial charge in [-0.1, -0.05) is 23.7 Å². The molecule has 1 saturated heterocycles. The third-order valence-electron chi connectivity index (χ3n) is 5.84. The van der Waals surface area contributed by atoms with Crippen LogP contribution >= 0.6 is 11.6 Å². The highest BCUT2D eigenvalue weighted by Gasteiger charge is 2.36. The summed E-state index contributed by atoms with van der Waals surface area (Å²) in [6.07, 6.45) is 1.11. The molecule has 0 spiro atoms. The van der Waals surface area contributed by atoms with Gasteiger partial charge in [0.25, 0.3) is 12.4 Å². The van der Waals surface area contributed by atoms with Gasteiger partial charge in [0.1, 0.15) is 11.9 Å². The molecule has 2 N–H and O–H groups in total. The van der Waals surface area contributed by atoms with Crippen molar-refractivity contribution in [3.8, 4) is 5.75 Å². The van der Waals surface area contributed by atoms with Crippen molar-refractivity contribution >= 4 is 41.7 Å². The van der Waals surface area contributed by atoms with E-state index in [0.29, 0.717) is 36.5 Å². The number of hydrogen-bond donors (Lipinski definition) is 2. The Morgan fingerprint density at radius 3 is 2.85 bits per heavy atom. The summed E-state index contributed by atoms with van der Waals surface area (Å²) in [6, 6.07) is 9.75. The lowest BCUT2D eigenvalue weighted by atomic mass is 10.1. The minimum Gasteiger partial charge on any atom is -0.483 e. The standard InChI is InChI=1S/C21H21ClN4O4.CH2O2/c1-25(13-7-12-3-2-4-16(22)15(12)8-13)9-14-10-26(21(28)30-14)18-6-5-17-20(23-18)24-19(27)11-29-17;2-1-3/h2-6,13-14H,7-11H2,1H3,(H,23,24,27);1H,(H,2,3). The molecule has 1 aromatic carbocycles. The number of hydrogen-bond acceptors (Lipinski definition) is 7. The SMILES string of the molecule is CN(CC1CN(c2ccc3c(n2)NC(=O)CO3)C(=O)O1)C1Cc2cccc(Cl)c2C1.O=CO. The van der Waals surface area contributed by atoms with Gasteiger partial charge in [0.15, 0.2) is 18.2 Å². The van der Waals surface area contributed by atoms with Gasteiger partial charge in [-0.15, -0.1) is 0 Å². The number of aromatic nitrogens is 1. The highest BCUT2D eigenvalue weighted by Crippen LogP contribution is 2.32. The van der Waals surface area contributed by atoms with Gasteiger partial charge in [0.2, 0.25) is 0 Å². The maximum absolute atomic E-state index is 12.5. The number of benzene rings is 1. The van der Waals surface area contributed by atoms with Crippen LogP contribution in [0, 0.1) is 0 Å². The number of nitrogens with zero attached hydrogens (tertiary/aromatic N) is 3. The number of carbonyl (C=O) groups excluding carboxylic acids is 2. The molecule has 2 aromatic rings. The predicted molar refractivity (Wildman–Crippen MR) is 120 cm³/mol. The summed E-state index contributed by atoms with van der Waals surface area (Å²) in [7, 11) is 2.05. The monoisotopic (exact) mass is 474 g/mol. The van der Waals surface area contributed by atoms with E-state index >= 15 is 0 Å². The average Bonchev–Trinajstić information content (AvgIpc) is 3.38. The molecule has 1 fully saturated rings. The molecule has 174 valence electrons. The summed E-state index contributed by atoms with van der Waals surface area (Å²) in [5.74, 6) is 0.961. The molecule has 3 aliphatic rings. The molecular weight excluding hydrogens is 452 g/mol. The highest BCUT2D eigenvalue weighted by atomic mass is 35.5. The molecule has 11 heteroatoms. The number of nitrogens with one attached hydrogen (secondary N) is 1. The van der Waals surface area contributed by atoms with Crippen LogP contribution in [0.2, 0.25) is 5.02 Å². The van der Waals surface area contributed by atoms with E-state index in [0.717, 1.165) is 17.9 Å². The second-order valence-electron chi connectivity index (χ2n) is 7.95. The number of halogens is 1. The van der Waals surface area contributed by atoms with Crippen LogP contribution in [0.25, 0.3) is 0 Å². The normalized spacial score (nSPS) is 20.8. The van der Waals surface area contributed by atoms with Crippen LogP contribution in [0.15, 0.2) is 30.3 Å². The molecule has 10 nitrogen and oxygen atoms in total. The van der Waals surface area contributed by atoms with Crippen molar-refractivity contribution in [2.75, 3.05) is 37.0 Å². The zero-order valence-electron chi connectivity index (χ0n) is 17.9. The molecule has 3 heterocycles. The van der Waals surface area contributed by atoms with Crippen molar-refractivity contribution in [3.05, 3.63) is 46.5 Å². The highest BCUT2D eigenvalue weighted by molar-refractivity contribution is 6.31. The van der Waals surface area contributed by atoms with Gasteiger partial charge in [-0.3, -0.25) is 19.4 Å². The van der Waals surface area contributed by atoms with E-state index < -0.39 is 6.09 Å². The third-order valence-corrected chi connectivity index (χ3v) is 6.19. The van der Waals surface area contributed by atoms with Crippen molar-refractivity contribution < 1.29 is 29.0 Å². The van der Waals surface area contributed by atoms with E-state index in [1.54, 1.807) is 12.1 Å². The van der Waals surface area contributed by atoms with Crippen LogP contribution in [0.4, 0.5) is 16.4 Å². The van der Waals surface area contributed by atoms with Gasteiger partial charge in [-0.25, -0.2) is 9.78 Å². The van der Waals surface area contributed by atoms with Crippen LogP contribution in [0.3, 0.4) is 0 Å². The third kappa shape index (κ3) is 4.86. The topological polar surface area (TPSA) is 121 Å². The summed E-state index contributed by atoms with van der Waals surface area (Å²) in [6.45, 7) is 0.720. The zero-order chi connectivity index (χ0) is 23.5. The molecule has 2 amide bonds. The largest absolute Gasteiger partial charge is 0.483 e. The Kier molecular flexibility index (Phi) is 6.66. The van der Waals surface area contributed by atoms with Gasteiger partial charge >= 0.3 is 6.09 Å². The fourth-order valence-electron chi connectivity index (χ4n) is 4.27. The van der Waals surface area contributed by atoms with Crippen molar-refractivity contribution in [3.63, 3.8) is 0 Å². The summed E-state index contributed by atoms with van der Waals surface area (Å²) < 4.78 is 10.9. The molecule has 2 aliphatic heterocycles. The molecular formula is C22H23ClN4O6. The number of anilines is 2. The number of fused-ring (bicyclic) bond motifs is 2. The molecule has 33 heavy (non-hydrogen) atoms. The number of cyclic esters (lactones) is 1. The molecule has 2 unspecified atom stereocenters. The van der Waals surface area contributed by atoms with Crippen LogP contribution in [0.5, 0.6) is 5.75 Å². The molecule has 1 aliphatic carbocycles. The van der Waals surface area contributed by atoms with E-state index in [-0.39, 0.29) is 25.1 Å². The molecule has 0 radical (unpaired) electrons. The van der Waals surface area contributed by atoms with Crippen molar-refractivity contribution in [2.45, 2.75) is 25.0 Å². The van der Waals surface area contributed by atoms with E-state index in [2.05, 4.69) is 21.3 Å². The molecule has 0 bridgehead atoms. The van der Waals surface area contributed by atoms with Gasteiger partial charge in [0.05, 0.1) is 6.54 Å². The Morgan fingerprint density at radius 2 is 2.09 bits per heavy atom. The van der Waals surface area contributed by atoms with Crippen molar-refractivity contribution in [1.29, 1.82) is 0 Å². The summed E-state index contributed by atoms with van der Waals surface area (Å²) in [4.78, 5) is 40.4. The first-order valence-corrected chi connectivity index (χ1v) is 10.7. The van der Waals surface area contributed by atoms with E-state index in [9.17, 15) is 9.59 Å². The maximum atomic E-state index is 12.5. The van der Waals surface area contributed by atoms with Gasteiger partial charge in [-0.2, -0.15) is 0 Å². The Morgan fingerprint density at radius 1 is 1.30 bits per heavy atom. The van der Waals surface area contributed by atoms with E-state index in [4.69, 9.17) is 31.0 Å². The minimum absolute atomic E-state index is 0.0373. The van der Waals surface area contributed by atoms with Crippen LogP contribution in [-0.4, -0.2) is 72.4 Å². The lowest BCUT2D eigenvalue weighted by Gasteiger charge is -2.26. The zero-order valence-corrected chi connectivity index (χ0v) is 18.6. The molecule has 5 rings (SSSR count). The van der Waals surface area contributed by atoms with Gasteiger partial charge < -0.3 is 19.9 Å². The number of pyridine rings is 1. The van der Waals surface area contributed by atoms with Crippen molar-refractivity contribution in [1.82, 2.24) is 9.88 Å². The quantitative estimate of drug-likeness (QED) is 0.647. The molecule has 1 aromatic heterocycles. The minimum atomic E-state index is -0.443. The van der Waals surface area contributed by atoms with Crippen LogP contribution in [0.1, 0.15) is 11.1 Å². The van der Waals surface area contributed by atoms with E-state index in [1.165, 1.54) is 16.0 Å². The summed E-state index contributed by atoms with van der Waals surface area (Å²) in [5, 5.41) is 10.4. The number of likely N-dealkylation sites (N-methyl/N-ethyl adjacent to an activating group) is 1. The Labute approximate surface area is 195 Å². The van der Waals surface area contributed by atoms with E-state index in [1.807, 2.05) is 19.2 Å². The number of amides is 2. The van der Waals surface area contributed by atoms with Crippen molar-refractivity contribution in [2.24, 2.45) is 0 Å². The van der Waals surface area contributed by atoms with Crippen LogP contribution < -0.4 is 15.0 Å². The van der Waals surface area contributed by atoms with Crippen LogP contribution in [-0.2, 0) is 27.2 Å². The second-order valence-corrected chi connectivity index (χ2v) is 8.36. The van der Waals surface area contributed by atoms with Gasteiger partial charge in [0, 0.05) is 17.6 Å². The Hall–Kier alpha value is -3.37. The Bertz CT molecular complexity index is 1080. The lowest BCUT2D eigenvalue weighted by Crippen LogP contribution is -2.39. The first kappa shape index (κ1) is 22.8. The fourth-order valence-corrected chi connectivity index (χ4v) is 4.55. The summed E-state index contributed by atoms with van der Waals surface area (Å²) in [5.41, 5.74) is 2.50. The maximum Gasteiger partial charge on any atom is 0.416 e. The fraction of sp³-hybridized carbons (Fsp3) is 0.364. The second kappa shape index (κ2) is 9.63. The molecule has 0 saturated carbocycles. The predicted octanol–water partition coefficient (Wildman–Crippen LogP) is 2.19. The first-order valence-electron chi connectivity index (χ1n) is 10.4. The van der Waals surface area contributed by atoms with Gasteiger partial charge in [-0.05, 0) is 49.2 Å². The molecule has 2 atom stereocenters. The summed E-state index contributed by atoms with van der Waals surface area (Å²) >= 11 is 6.34. The smallest absolute Gasteiger partial charge is 0.416 e. The number of carbonyl (C=O) groups is 3. The lowest BCUT2D eigenvalue weighted by molar-refractivity contribution is -0.123. The number of carboxylic acid groups (broad SMARTS) is 1. The Balaban J connectivity index is 0.000000821. The number of ether oxygens (including phenoxy) is 2.